The van der Waals surface area contributed by atoms with Gasteiger partial charge in [-0.05, 0) is 37.4 Å². The van der Waals surface area contributed by atoms with Gasteiger partial charge in [-0.15, -0.1) is 6.58 Å². The molecule has 3 heterocycles. The van der Waals surface area contributed by atoms with Gasteiger partial charge in [0, 0.05) is 24.6 Å². The second kappa shape index (κ2) is 5.60. The summed E-state index contributed by atoms with van der Waals surface area (Å²) in [6.45, 7) is 6.46. The van der Waals surface area contributed by atoms with Crippen molar-refractivity contribution >= 4 is 5.91 Å². The number of nitrogens with zero attached hydrogens (tertiary/aromatic N) is 1. The first kappa shape index (κ1) is 17.9. The van der Waals surface area contributed by atoms with Gasteiger partial charge in [-0.3, -0.25) is 9.69 Å². The number of benzene rings is 1. The third-order valence-electron chi connectivity index (χ3n) is 8.00. The van der Waals surface area contributed by atoms with E-state index < -0.39 is 28.8 Å². The van der Waals surface area contributed by atoms with Crippen molar-refractivity contribution in [1.29, 1.82) is 0 Å². The SMILES string of the molecule is C=CCN1CCC23c4c5ccc(C(N)=O)c4OC2C2(CCC3(O)C1C5)OCCO2. The van der Waals surface area contributed by atoms with Crippen LogP contribution in [0.5, 0.6) is 5.75 Å². The van der Waals surface area contributed by atoms with Crippen LogP contribution in [0.15, 0.2) is 24.8 Å². The van der Waals surface area contributed by atoms with Gasteiger partial charge >= 0.3 is 0 Å². The Bertz CT molecular complexity index is 926. The maximum absolute atomic E-state index is 12.3. The standard InChI is InChI=1S/C22H26N2O5/c1-2-8-24-9-7-20-16-13-3-4-14(18(23)25)17(16)29-19(20)22(27-10-11-28-22)6-5-21(20,26)15(24)12-13/h2-4,15,19,26H,1,5-12H2,(H2,23,25). The molecule has 29 heavy (non-hydrogen) atoms. The number of hydrogen-bond donors (Lipinski definition) is 2. The van der Waals surface area contributed by atoms with Crippen molar-refractivity contribution < 1.29 is 24.1 Å². The average Bonchev–Trinajstić information content (AvgIpc) is 3.30. The van der Waals surface area contributed by atoms with Gasteiger partial charge in [-0.1, -0.05) is 12.1 Å². The molecule has 7 heteroatoms. The van der Waals surface area contributed by atoms with Gasteiger partial charge in [0.2, 0.25) is 5.79 Å². The van der Waals surface area contributed by atoms with E-state index in [1.807, 2.05) is 12.1 Å². The molecule has 0 aromatic heterocycles. The number of ether oxygens (including phenoxy) is 3. The Labute approximate surface area is 169 Å². The van der Waals surface area contributed by atoms with E-state index in [0.717, 1.165) is 24.2 Å². The van der Waals surface area contributed by atoms with E-state index in [-0.39, 0.29) is 6.04 Å². The molecule has 3 N–H and O–H groups in total. The van der Waals surface area contributed by atoms with Crippen molar-refractivity contribution in [2.75, 3.05) is 26.3 Å². The molecule has 7 nitrogen and oxygen atoms in total. The first-order valence-electron chi connectivity index (χ1n) is 10.4. The lowest BCUT2D eigenvalue weighted by atomic mass is 9.48. The first-order valence-corrected chi connectivity index (χ1v) is 10.4. The summed E-state index contributed by atoms with van der Waals surface area (Å²) in [6.07, 6.45) is 3.93. The Balaban J connectivity index is 1.62. The summed E-state index contributed by atoms with van der Waals surface area (Å²) in [6, 6.07) is 3.69. The summed E-state index contributed by atoms with van der Waals surface area (Å²) >= 11 is 0. The maximum atomic E-state index is 12.3. The van der Waals surface area contributed by atoms with Crippen LogP contribution in [0.1, 0.15) is 40.7 Å². The summed E-state index contributed by atoms with van der Waals surface area (Å²) in [5.41, 5.74) is 6.45. The molecule has 2 bridgehead atoms. The molecule has 1 amide bonds. The van der Waals surface area contributed by atoms with E-state index >= 15 is 0 Å². The van der Waals surface area contributed by atoms with Crippen molar-refractivity contribution in [3.8, 4) is 5.75 Å². The van der Waals surface area contributed by atoms with Crippen LogP contribution in [0.4, 0.5) is 0 Å². The van der Waals surface area contributed by atoms with Gasteiger partial charge in [-0.2, -0.15) is 0 Å². The van der Waals surface area contributed by atoms with Crippen LogP contribution in [0, 0.1) is 0 Å². The van der Waals surface area contributed by atoms with E-state index in [1.54, 1.807) is 6.07 Å². The van der Waals surface area contributed by atoms with E-state index in [4.69, 9.17) is 19.9 Å². The predicted molar refractivity (Wildman–Crippen MR) is 104 cm³/mol. The molecule has 2 spiro atoms. The van der Waals surface area contributed by atoms with Gasteiger partial charge in [0.15, 0.2) is 6.10 Å². The Morgan fingerprint density at radius 2 is 2.10 bits per heavy atom. The second-order valence-corrected chi connectivity index (χ2v) is 9.00. The number of carbonyl (C=O) groups is 1. The zero-order valence-corrected chi connectivity index (χ0v) is 16.4. The Kier molecular flexibility index (Phi) is 3.46. The highest BCUT2D eigenvalue weighted by atomic mass is 16.8. The molecule has 2 aliphatic carbocycles. The lowest BCUT2D eigenvalue weighted by molar-refractivity contribution is -0.296. The quantitative estimate of drug-likeness (QED) is 0.734. The average molecular weight is 398 g/mol. The first-order chi connectivity index (χ1) is 14.0. The minimum Gasteiger partial charge on any atom is -0.483 e. The molecule has 4 unspecified atom stereocenters. The van der Waals surface area contributed by atoms with Crippen molar-refractivity contribution in [3.05, 3.63) is 41.5 Å². The zero-order valence-electron chi connectivity index (χ0n) is 16.4. The number of aliphatic hydroxyl groups is 1. The molecular formula is C22H26N2O5. The number of fused-ring (bicyclic) bond motifs is 1. The molecule has 5 aliphatic rings. The van der Waals surface area contributed by atoms with Crippen LogP contribution in [0.2, 0.25) is 0 Å². The Morgan fingerprint density at radius 1 is 1.31 bits per heavy atom. The highest BCUT2D eigenvalue weighted by molar-refractivity contribution is 5.97. The minimum atomic E-state index is -0.992. The van der Waals surface area contributed by atoms with Gasteiger partial charge in [0.1, 0.15) is 5.75 Å². The summed E-state index contributed by atoms with van der Waals surface area (Å²) in [5.74, 6) is -0.885. The largest absolute Gasteiger partial charge is 0.483 e. The van der Waals surface area contributed by atoms with Crippen LogP contribution in [-0.2, 0) is 21.3 Å². The molecule has 3 aliphatic heterocycles. The molecule has 4 atom stereocenters. The Hall–Kier alpha value is -1.93. The number of hydrogen-bond acceptors (Lipinski definition) is 6. The van der Waals surface area contributed by atoms with Crippen molar-refractivity contribution in [2.45, 2.75) is 54.6 Å². The lowest BCUT2D eigenvalue weighted by Crippen LogP contribution is -2.79. The Morgan fingerprint density at radius 3 is 2.83 bits per heavy atom. The molecule has 2 saturated heterocycles. The highest BCUT2D eigenvalue weighted by Crippen LogP contribution is 2.67. The topological polar surface area (TPSA) is 94.3 Å². The molecule has 1 saturated carbocycles. The molecular weight excluding hydrogens is 372 g/mol. The number of carbonyl (C=O) groups excluding carboxylic acids is 1. The van der Waals surface area contributed by atoms with E-state index in [9.17, 15) is 9.90 Å². The van der Waals surface area contributed by atoms with Gasteiger partial charge in [0.05, 0.1) is 29.8 Å². The van der Waals surface area contributed by atoms with Gasteiger partial charge < -0.3 is 25.1 Å². The van der Waals surface area contributed by atoms with Crippen LogP contribution < -0.4 is 10.5 Å². The van der Waals surface area contributed by atoms with Gasteiger partial charge in [0.25, 0.3) is 5.91 Å². The van der Waals surface area contributed by atoms with Crippen molar-refractivity contribution in [3.63, 3.8) is 0 Å². The van der Waals surface area contributed by atoms with E-state index in [2.05, 4.69) is 11.5 Å². The summed E-state index contributed by atoms with van der Waals surface area (Å²) in [7, 11) is 0. The molecule has 1 aromatic rings. The van der Waals surface area contributed by atoms with Crippen LogP contribution in [0.25, 0.3) is 0 Å². The van der Waals surface area contributed by atoms with Crippen molar-refractivity contribution in [2.24, 2.45) is 5.73 Å². The van der Waals surface area contributed by atoms with Crippen molar-refractivity contribution in [1.82, 2.24) is 4.90 Å². The number of rotatable bonds is 3. The summed E-state index contributed by atoms with van der Waals surface area (Å²) in [5, 5.41) is 12.3. The second-order valence-electron chi connectivity index (χ2n) is 9.00. The molecule has 154 valence electrons. The molecule has 1 aromatic carbocycles. The van der Waals surface area contributed by atoms with E-state index in [1.165, 1.54) is 0 Å². The predicted octanol–water partition coefficient (Wildman–Crippen LogP) is 0.869. The maximum Gasteiger partial charge on any atom is 0.252 e. The summed E-state index contributed by atoms with van der Waals surface area (Å²) < 4.78 is 18.8. The summed E-state index contributed by atoms with van der Waals surface area (Å²) in [4.78, 5) is 14.5. The number of amides is 1. The molecule has 6 rings (SSSR count). The van der Waals surface area contributed by atoms with Crippen LogP contribution in [-0.4, -0.2) is 65.8 Å². The zero-order chi connectivity index (χ0) is 20.0. The fourth-order valence-electron chi connectivity index (χ4n) is 6.95. The van der Waals surface area contributed by atoms with E-state index in [0.29, 0.717) is 50.2 Å². The fourth-order valence-corrected chi connectivity index (χ4v) is 6.95. The van der Waals surface area contributed by atoms with Gasteiger partial charge in [-0.25, -0.2) is 0 Å². The third-order valence-corrected chi connectivity index (χ3v) is 8.00. The number of likely N-dealkylation sites (tertiary alicyclic amines) is 1. The fraction of sp³-hybridized carbons (Fsp3) is 0.591. The normalized spacial score (nSPS) is 38.5. The molecule has 0 radical (unpaired) electrons. The van der Waals surface area contributed by atoms with Crippen LogP contribution >= 0.6 is 0 Å². The number of primary amides is 1. The lowest BCUT2D eigenvalue weighted by Gasteiger charge is -2.65. The third kappa shape index (κ3) is 1.90. The minimum absolute atomic E-state index is 0.0445. The highest BCUT2D eigenvalue weighted by Gasteiger charge is 2.77. The smallest absolute Gasteiger partial charge is 0.252 e. The number of piperidine rings is 1. The molecule has 3 fully saturated rings. The monoisotopic (exact) mass is 398 g/mol. The van der Waals surface area contributed by atoms with Crippen LogP contribution in [0.3, 0.4) is 0 Å². The number of nitrogens with two attached hydrogens (primary N) is 1.